The molecule has 0 amide bonds. The van der Waals surface area contributed by atoms with E-state index in [1.807, 2.05) is 24.3 Å². The van der Waals surface area contributed by atoms with E-state index in [1.54, 1.807) is 0 Å². The minimum absolute atomic E-state index is 0.125. The van der Waals surface area contributed by atoms with Crippen molar-refractivity contribution in [3.05, 3.63) is 35.4 Å². The molecule has 0 fully saturated rings. The van der Waals surface area contributed by atoms with Crippen LogP contribution in [0, 0.1) is 5.41 Å². The fourth-order valence-electron chi connectivity index (χ4n) is 1.21. The van der Waals surface area contributed by atoms with Gasteiger partial charge in [-0.1, -0.05) is 31.2 Å². The van der Waals surface area contributed by atoms with E-state index in [9.17, 15) is 0 Å². The van der Waals surface area contributed by atoms with Crippen molar-refractivity contribution in [1.29, 1.82) is 5.41 Å². The number of benzene rings is 1. The molecule has 0 bridgehead atoms. The standard InChI is InChI=1S/C11H17N3/c1-3-14(2)8-9-4-6-10(7-5-9)11(12)13/h4-7H,3,8H2,1-2H3,(H3,12,13). The van der Waals surface area contributed by atoms with E-state index in [4.69, 9.17) is 11.1 Å². The summed E-state index contributed by atoms with van der Waals surface area (Å²) in [7, 11) is 2.08. The molecule has 0 aliphatic carbocycles. The third kappa shape index (κ3) is 2.85. The molecule has 0 spiro atoms. The molecule has 0 atom stereocenters. The van der Waals surface area contributed by atoms with Gasteiger partial charge in [-0.25, -0.2) is 0 Å². The van der Waals surface area contributed by atoms with Crippen LogP contribution in [0.3, 0.4) is 0 Å². The van der Waals surface area contributed by atoms with Gasteiger partial charge in [0.15, 0.2) is 0 Å². The average Bonchev–Trinajstić information content (AvgIpc) is 2.18. The summed E-state index contributed by atoms with van der Waals surface area (Å²) in [4.78, 5) is 2.22. The first-order valence-electron chi connectivity index (χ1n) is 4.75. The molecule has 0 saturated carbocycles. The lowest BCUT2D eigenvalue weighted by molar-refractivity contribution is 0.346. The van der Waals surface area contributed by atoms with E-state index in [0.29, 0.717) is 0 Å². The fourth-order valence-corrected chi connectivity index (χ4v) is 1.21. The zero-order chi connectivity index (χ0) is 10.6. The summed E-state index contributed by atoms with van der Waals surface area (Å²) < 4.78 is 0. The van der Waals surface area contributed by atoms with Gasteiger partial charge in [0.1, 0.15) is 5.84 Å². The van der Waals surface area contributed by atoms with Crippen LogP contribution in [-0.4, -0.2) is 24.3 Å². The van der Waals surface area contributed by atoms with E-state index in [1.165, 1.54) is 5.56 Å². The molecular formula is C11H17N3. The van der Waals surface area contributed by atoms with Gasteiger partial charge in [0, 0.05) is 12.1 Å². The molecule has 0 heterocycles. The third-order valence-electron chi connectivity index (χ3n) is 2.26. The lowest BCUT2D eigenvalue weighted by Crippen LogP contribution is -2.17. The number of nitrogen functional groups attached to an aromatic ring is 1. The molecule has 0 aliphatic heterocycles. The van der Waals surface area contributed by atoms with E-state index >= 15 is 0 Å². The Morgan fingerprint density at radius 2 is 1.93 bits per heavy atom. The predicted octanol–water partition coefficient (Wildman–Crippen LogP) is 1.42. The van der Waals surface area contributed by atoms with Gasteiger partial charge in [0.25, 0.3) is 0 Å². The molecule has 0 saturated heterocycles. The molecular weight excluding hydrogens is 174 g/mol. The van der Waals surface area contributed by atoms with Gasteiger partial charge in [-0.05, 0) is 19.2 Å². The van der Waals surface area contributed by atoms with Crippen LogP contribution in [0.1, 0.15) is 18.1 Å². The van der Waals surface area contributed by atoms with Gasteiger partial charge in [0.05, 0.1) is 0 Å². The number of nitrogens with one attached hydrogen (secondary N) is 1. The van der Waals surface area contributed by atoms with Gasteiger partial charge in [0.2, 0.25) is 0 Å². The topological polar surface area (TPSA) is 53.1 Å². The summed E-state index contributed by atoms with van der Waals surface area (Å²) in [5.41, 5.74) is 7.40. The Morgan fingerprint density at radius 1 is 1.36 bits per heavy atom. The molecule has 1 aromatic carbocycles. The van der Waals surface area contributed by atoms with Crippen molar-refractivity contribution in [1.82, 2.24) is 4.90 Å². The minimum atomic E-state index is 0.125. The van der Waals surface area contributed by atoms with Crippen LogP contribution in [-0.2, 0) is 6.54 Å². The Hall–Kier alpha value is -1.35. The number of nitrogens with zero attached hydrogens (tertiary/aromatic N) is 1. The van der Waals surface area contributed by atoms with E-state index in [0.717, 1.165) is 18.7 Å². The maximum absolute atomic E-state index is 7.25. The van der Waals surface area contributed by atoms with Crippen molar-refractivity contribution in [2.24, 2.45) is 5.73 Å². The highest BCUT2D eigenvalue weighted by Crippen LogP contribution is 2.05. The normalized spacial score (nSPS) is 10.5. The van der Waals surface area contributed by atoms with Crippen molar-refractivity contribution in [3.8, 4) is 0 Å². The Morgan fingerprint density at radius 3 is 2.36 bits per heavy atom. The van der Waals surface area contributed by atoms with Crippen molar-refractivity contribution >= 4 is 5.84 Å². The van der Waals surface area contributed by atoms with Crippen molar-refractivity contribution in [3.63, 3.8) is 0 Å². The number of nitrogens with two attached hydrogens (primary N) is 1. The molecule has 0 unspecified atom stereocenters. The molecule has 76 valence electrons. The molecule has 0 aliphatic rings. The summed E-state index contributed by atoms with van der Waals surface area (Å²) in [6.07, 6.45) is 0. The van der Waals surface area contributed by atoms with Crippen LogP contribution in [0.25, 0.3) is 0 Å². The van der Waals surface area contributed by atoms with Crippen LogP contribution in [0.4, 0.5) is 0 Å². The van der Waals surface area contributed by atoms with E-state index in [-0.39, 0.29) is 5.84 Å². The second-order valence-electron chi connectivity index (χ2n) is 3.44. The molecule has 3 N–H and O–H groups in total. The summed E-state index contributed by atoms with van der Waals surface area (Å²) >= 11 is 0. The van der Waals surface area contributed by atoms with Crippen molar-refractivity contribution < 1.29 is 0 Å². The van der Waals surface area contributed by atoms with E-state index < -0.39 is 0 Å². The molecule has 0 radical (unpaired) electrons. The van der Waals surface area contributed by atoms with E-state index in [2.05, 4.69) is 18.9 Å². The fraction of sp³-hybridized carbons (Fsp3) is 0.364. The highest BCUT2D eigenvalue weighted by Gasteiger charge is 1.99. The number of rotatable bonds is 4. The number of amidine groups is 1. The minimum Gasteiger partial charge on any atom is -0.384 e. The maximum Gasteiger partial charge on any atom is 0.122 e. The second kappa shape index (κ2) is 4.77. The monoisotopic (exact) mass is 191 g/mol. The summed E-state index contributed by atoms with van der Waals surface area (Å²) in [5.74, 6) is 0.125. The summed E-state index contributed by atoms with van der Waals surface area (Å²) in [6.45, 7) is 4.10. The van der Waals surface area contributed by atoms with Gasteiger partial charge >= 0.3 is 0 Å². The lowest BCUT2D eigenvalue weighted by atomic mass is 10.1. The first-order chi connectivity index (χ1) is 6.63. The largest absolute Gasteiger partial charge is 0.384 e. The zero-order valence-corrected chi connectivity index (χ0v) is 8.75. The smallest absolute Gasteiger partial charge is 0.122 e. The average molecular weight is 191 g/mol. The molecule has 3 heteroatoms. The lowest BCUT2D eigenvalue weighted by Gasteiger charge is -2.13. The molecule has 3 nitrogen and oxygen atoms in total. The van der Waals surface area contributed by atoms with Crippen molar-refractivity contribution in [2.75, 3.05) is 13.6 Å². The Balaban J connectivity index is 2.68. The van der Waals surface area contributed by atoms with Gasteiger partial charge in [-0.15, -0.1) is 0 Å². The van der Waals surface area contributed by atoms with Crippen LogP contribution in [0.5, 0.6) is 0 Å². The molecule has 0 aromatic heterocycles. The Bertz CT molecular complexity index is 303. The molecule has 1 rings (SSSR count). The second-order valence-corrected chi connectivity index (χ2v) is 3.44. The highest BCUT2D eigenvalue weighted by atomic mass is 15.1. The van der Waals surface area contributed by atoms with Gasteiger partial charge in [-0.2, -0.15) is 0 Å². The van der Waals surface area contributed by atoms with Crippen molar-refractivity contribution in [2.45, 2.75) is 13.5 Å². The maximum atomic E-state index is 7.25. The summed E-state index contributed by atoms with van der Waals surface area (Å²) in [6, 6.07) is 7.81. The third-order valence-corrected chi connectivity index (χ3v) is 2.26. The van der Waals surface area contributed by atoms with Crippen LogP contribution < -0.4 is 5.73 Å². The SMILES string of the molecule is CCN(C)Cc1ccc(C(=N)N)cc1. The van der Waals surface area contributed by atoms with Gasteiger partial charge in [-0.3, -0.25) is 5.41 Å². The van der Waals surface area contributed by atoms with Crippen LogP contribution >= 0.6 is 0 Å². The quantitative estimate of drug-likeness (QED) is 0.558. The summed E-state index contributed by atoms with van der Waals surface area (Å²) in [5, 5.41) is 7.25. The zero-order valence-electron chi connectivity index (χ0n) is 8.75. The van der Waals surface area contributed by atoms with Crippen LogP contribution in [0.2, 0.25) is 0 Å². The Labute approximate surface area is 85.0 Å². The predicted molar refractivity (Wildman–Crippen MR) is 59.5 cm³/mol. The highest BCUT2D eigenvalue weighted by molar-refractivity contribution is 5.94. The van der Waals surface area contributed by atoms with Crippen LogP contribution in [0.15, 0.2) is 24.3 Å². The number of hydrogen-bond acceptors (Lipinski definition) is 2. The number of hydrogen-bond donors (Lipinski definition) is 2. The molecule has 14 heavy (non-hydrogen) atoms. The van der Waals surface area contributed by atoms with Gasteiger partial charge < -0.3 is 10.6 Å². The molecule has 1 aromatic rings. The Kier molecular flexibility index (Phi) is 3.65. The first-order valence-corrected chi connectivity index (χ1v) is 4.75. The first kappa shape index (κ1) is 10.7.